The number of halogens is 1. The zero-order valence-electron chi connectivity index (χ0n) is 13.4. The van der Waals surface area contributed by atoms with Crippen molar-refractivity contribution in [1.82, 2.24) is 10.2 Å². The number of thioether (sulfide) groups is 1. The molecule has 0 aliphatic carbocycles. The van der Waals surface area contributed by atoms with E-state index in [0.717, 1.165) is 10.5 Å². The Morgan fingerprint density at radius 1 is 1.12 bits per heavy atom. The number of benzene rings is 2. The molecule has 0 saturated carbocycles. The van der Waals surface area contributed by atoms with Gasteiger partial charge in [0, 0.05) is 15.5 Å². The highest BCUT2D eigenvalue weighted by Gasteiger charge is 2.49. The van der Waals surface area contributed by atoms with Gasteiger partial charge < -0.3 is 5.32 Å². The van der Waals surface area contributed by atoms with Gasteiger partial charge in [-0.2, -0.15) is 0 Å². The van der Waals surface area contributed by atoms with Gasteiger partial charge in [-0.25, -0.2) is 4.79 Å². The van der Waals surface area contributed by atoms with E-state index in [9.17, 15) is 9.59 Å². The third-order valence-corrected chi connectivity index (χ3v) is 5.26. The van der Waals surface area contributed by atoms with E-state index in [1.165, 1.54) is 4.90 Å². The van der Waals surface area contributed by atoms with Gasteiger partial charge >= 0.3 is 6.03 Å². The van der Waals surface area contributed by atoms with Crippen LogP contribution >= 0.6 is 23.4 Å². The molecule has 2 aromatic carbocycles. The molecule has 0 unspecified atom stereocenters. The van der Waals surface area contributed by atoms with Crippen LogP contribution in [0.2, 0.25) is 5.02 Å². The quantitative estimate of drug-likeness (QED) is 0.661. The van der Waals surface area contributed by atoms with Crippen LogP contribution in [0.1, 0.15) is 18.1 Å². The van der Waals surface area contributed by atoms with Crippen LogP contribution in [0.5, 0.6) is 0 Å². The first kappa shape index (κ1) is 16.9. The SMILES string of the molecule is CSc1ccc(CN2C(=O)N[C@](C)(c3ccccc3Cl)C2=O)cc1. The number of urea groups is 1. The summed E-state index contributed by atoms with van der Waals surface area (Å²) < 4.78 is 0. The number of nitrogens with zero attached hydrogens (tertiary/aromatic N) is 1. The van der Waals surface area contributed by atoms with Gasteiger partial charge in [0.1, 0.15) is 5.54 Å². The summed E-state index contributed by atoms with van der Waals surface area (Å²) in [5, 5.41) is 3.24. The highest BCUT2D eigenvalue weighted by Crippen LogP contribution is 2.34. The van der Waals surface area contributed by atoms with E-state index < -0.39 is 11.6 Å². The topological polar surface area (TPSA) is 49.4 Å². The maximum absolute atomic E-state index is 12.9. The molecule has 1 atom stereocenters. The van der Waals surface area contributed by atoms with Gasteiger partial charge in [0.25, 0.3) is 5.91 Å². The minimum atomic E-state index is -1.14. The number of amides is 3. The first-order valence-electron chi connectivity index (χ1n) is 7.48. The predicted octanol–water partition coefficient (Wildman–Crippen LogP) is 4.03. The zero-order valence-corrected chi connectivity index (χ0v) is 14.9. The molecule has 1 aliphatic rings. The van der Waals surface area contributed by atoms with Gasteiger partial charge in [-0.3, -0.25) is 9.69 Å². The summed E-state index contributed by atoms with van der Waals surface area (Å²) in [6.45, 7) is 1.92. The summed E-state index contributed by atoms with van der Waals surface area (Å²) in [5.74, 6) is -0.297. The van der Waals surface area contributed by atoms with Crippen LogP contribution < -0.4 is 5.32 Å². The molecule has 0 radical (unpaired) electrons. The van der Waals surface area contributed by atoms with Crippen molar-refractivity contribution >= 4 is 35.3 Å². The number of carbonyl (C=O) groups excluding carboxylic acids is 2. The second kappa shape index (κ2) is 6.49. The van der Waals surface area contributed by atoms with Gasteiger partial charge in [-0.1, -0.05) is 41.9 Å². The van der Waals surface area contributed by atoms with Gasteiger partial charge in [0.2, 0.25) is 0 Å². The predicted molar refractivity (Wildman–Crippen MR) is 96.1 cm³/mol. The van der Waals surface area contributed by atoms with Crippen LogP contribution in [-0.4, -0.2) is 23.1 Å². The highest BCUT2D eigenvalue weighted by atomic mass is 35.5. The van der Waals surface area contributed by atoms with Crippen LogP contribution in [0.3, 0.4) is 0 Å². The fraction of sp³-hybridized carbons (Fsp3) is 0.222. The molecular formula is C18H17ClN2O2S. The Morgan fingerprint density at radius 3 is 2.42 bits per heavy atom. The third kappa shape index (κ3) is 2.89. The highest BCUT2D eigenvalue weighted by molar-refractivity contribution is 7.98. The molecule has 3 amide bonds. The molecule has 4 nitrogen and oxygen atoms in total. The first-order valence-corrected chi connectivity index (χ1v) is 9.08. The van der Waals surface area contributed by atoms with E-state index in [1.54, 1.807) is 43.0 Å². The van der Waals surface area contributed by atoms with Crippen LogP contribution in [0.4, 0.5) is 4.79 Å². The number of imide groups is 1. The summed E-state index contributed by atoms with van der Waals surface area (Å²) in [4.78, 5) is 27.6. The van der Waals surface area contributed by atoms with Crippen molar-refractivity contribution in [2.24, 2.45) is 0 Å². The Bertz CT molecular complexity index is 794. The Balaban J connectivity index is 1.87. The molecule has 1 heterocycles. The van der Waals surface area contributed by atoms with Crippen molar-refractivity contribution in [1.29, 1.82) is 0 Å². The van der Waals surface area contributed by atoms with Crippen molar-refractivity contribution in [3.63, 3.8) is 0 Å². The van der Waals surface area contributed by atoms with Gasteiger partial charge in [-0.05, 0) is 36.9 Å². The van der Waals surface area contributed by atoms with Gasteiger partial charge in [0.15, 0.2) is 0 Å². The minimum Gasteiger partial charge on any atom is -0.319 e. The van der Waals surface area contributed by atoms with Gasteiger partial charge in [-0.15, -0.1) is 11.8 Å². The molecule has 3 rings (SSSR count). The number of hydrogen-bond donors (Lipinski definition) is 1. The summed E-state index contributed by atoms with van der Waals surface area (Å²) in [7, 11) is 0. The maximum Gasteiger partial charge on any atom is 0.325 e. The lowest BCUT2D eigenvalue weighted by atomic mass is 9.92. The first-order chi connectivity index (χ1) is 11.5. The monoisotopic (exact) mass is 360 g/mol. The van der Waals surface area contributed by atoms with Crippen LogP contribution in [0, 0.1) is 0 Å². The van der Waals surface area contributed by atoms with Crippen molar-refractivity contribution in [2.45, 2.75) is 23.9 Å². The zero-order chi connectivity index (χ0) is 17.3. The number of rotatable bonds is 4. The second-order valence-corrected chi connectivity index (χ2v) is 7.06. The standard InChI is InChI=1S/C18H17ClN2O2S/c1-18(14-5-3-4-6-15(14)19)16(22)21(17(23)20-18)11-12-7-9-13(24-2)10-8-12/h3-10H,11H2,1-2H3,(H,20,23)/t18-/m1/s1. The Hall–Kier alpha value is -1.98. The summed E-state index contributed by atoms with van der Waals surface area (Å²) in [5.41, 5.74) is 0.360. The van der Waals surface area contributed by atoms with E-state index in [-0.39, 0.29) is 12.5 Å². The Labute approximate surface area is 150 Å². The molecule has 0 bridgehead atoms. The molecule has 2 aromatic rings. The molecule has 24 heavy (non-hydrogen) atoms. The second-order valence-electron chi connectivity index (χ2n) is 5.77. The van der Waals surface area contributed by atoms with E-state index in [0.29, 0.717) is 10.6 Å². The maximum atomic E-state index is 12.9. The average Bonchev–Trinajstić information content (AvgIpc) is 2.80. The molecule has 1 saturated heterocycles. The fourth-order valence-electron chi connectivity index (χ4n) is 2.80. The lowest BCUT2D eigenvalue weighted by molar-refractivity contribution is -0.131. The molecule has 1 N–H and O–H groups in total. The van der Waals surface area contributed by atoms with Crippen LogP contribution in [0.25, 0.3) is 0 Å². The molecule has 6 heteroatoms. The smallest absolute Gasteiger partial charge is 0.319 e. The summed E-state index contributed by atoms with van der Waals surface area (Å²) >= 11 is 7.87. The van der Waals surface area contributed by atoms with Crippen molar-refractivity contribution < 1.29 is 9.59 Å². The largest absolute Gasteiger partial charge is 0.325 e. The number of nitrogens with one attached hydrogen (secondary N) is 1. The van der Waals surface area contributed by atoms with E-state index in [2.05, 4.69) is 5.32 Å². The normalized spacial score (nSPS) is 20.4. The van der Waals surface area contributed by atoms with Crippen molar-refractivity contribution in [3.8, 4) is 0 Å². The molecular weight excluding hydrogens is 344 g/mol. The molecule has 0 spiro atoms. The average molecular weight is 361 g/mol. The van der Waals surface area contributed by atoms with Crippen LogP contribution in [0.15, 0.2) is 53.4 Å². The lowest BCUT2D eigenvalue weighted by Gasteiger charge is -2.23. The summed E-state index contributed by atoms with van der Waals surface area (Å²) in [6, 6.07) is 14.5. The fourth-order valence-corrected chi connectivity index (χ4v) is 3.54. The van der Waals surface area contributed by atoms with E-state index in [1.807, 2.05) is 30.5 Å². The Kier molecular flexibility index (Phi) is 4.56. The van der Waals surface area contributed by atoms with E-state index >= 15 is 0 Å². The van der Waals surface area contributed by atoms with Crippen LogP contribution in [-0.2, 0) is 16.9 Å². The minimum absolute atomic E-state index is 0.235. The van der Waals surface area contributed by atoms with Gasteiger partial charge in [0.05, 0.1) is 6.54 Å². The van der Waals surface area contributed by atoms with E-state index in [4.69, 9.17) is 11.6 Å². The third-order valence-electron chi connectivity index (χ3n) is 4.19. The van der Waals surface area contributed by atoms with Crippen molar-refractivity contribution in [2.75, 3.05) is 6.26 Å². The summed E-state index contributed by atoms with van der Waals surface area (Å²) in [6.07, 6.45) is 2.00. The number of carbonyl (C=O) groups is 2. The Morgan fingerprint density at radius 2 is 1.79 bits per heavy atom. The number of hydrogen-bond acceptors (Lipinski definition) is 3. The molecule has 0 aromatic heterocycles. The molecule has 124 valence electrons. The van der Waals surface area contributed by atoms with Crippen molar-refractivity contribution in [3.05, 3.63) is 64.7 Å². The molecule has 1 fully saturated rings. The lowest BCUT2D eigenvalue weighted by Crippen LogP contribution is -2.41. The molecule has 1 aliphatic heterocycles.